The number of nitrogens with one attached hydrogen (secondary N) is 1. The van der Waals surface area contributed by atoms with Gasteiger partial charge in [-0.15, -0.1) is 0 Å². The second-order valence-electron chi connectivity index (χ2n) is 3.30. The van der Waals surface area contributed by atoms with Crippen molar-refractivity contribution in [3.63, 3.8) is 0 Å². The van der Waals surface area contributed by atoms with Crippen LogP contribution in [0.25, 0.3) is 0 Å². The van der Waals surface area contributed by atoms with Crippen LogP contribution in [0.15, 0.2) is 22.5 Å². The molecule has 2 heterocycles. The summed E-state index contributed by atoms with van der Waals surface area (Å²) in [6.45, 7) is 1.57. The van der Waals surface area contributed by atoms with Crippen molar-refractivity contribution in [2.75, 3.05) is 4.72 Å². The number of nitrogens with zero attached hydrogens (tertiary/aromatic N) is 2. The van der Waals surface area contributed by atoms with Gasteiger partial charge in [0.2, 0.25) is 0 Å². The molecule has 1 N–H and O–H groups in total. The Morgan fingerprint density at radius 2 is 2.11 bits per heavy atom. The molecular weight excluding hydrogens is 317 g/mol. The molecule has 2 aromatic rings. The third kappa shape index (κ3) is 2.92. The van der Waals surface area contributed by atoms with E-state index in [9.17, 15) is 8.42 Å². The lowest BCUT2D eigenvalue weighted by molar-refractivity contribution is 0.602. The first kappa shape index (κ1) is 13.5. The van der Waals surface area contributed by atoms with Crippen LogP contribution in [-0.2, 0) is 10.0 Å². The van der Waals surface area contributed by atoms with Crippen molar-refractivity contribution < 1.29 is 8.42 Å². The summed E-state index contributed by atoms with van der Waals surface area (Å²) in [5.74, 6) is 0.145. The molecule has 5 nitrogen and oxygen atoms in total. The zero-order chi connectivity index (χ0) is 13.3. The summed E-state index contributed by atoms with van der Waals surface area (Å²) < 4.78 is 26.7. The summed E-state index contributed by atoms with van der Waals surface area (Å²) in [4.78, 5) is 7.72. The number of hydrogen-bond acceptors (Lipinski definition) is 5. The maximum Gasteiger partial charge on any atom is 0.274 e. The first-order valence-corrected chi connectivity index (χ1v) is 7.71. The number of halogens is 2. The highest BCUT2D eigenvalue weighted by molar-refractivity contribution is 7.94. The number of pyridine rings is 1. The monoisotopic (exact) mass is 323 g/mol. The predicted octanol–water partition coefficient (Wildman–Crippen LogP) is 2.95. The highest BCUT2D eigenvalue weighted by Crippen LogP contribution is 2.28. The van der Waals surface area contributed by atoms with E-state index in [0.29, 0.717) is 10.7 Å². The fourth-order valence-corrected chi connectivity index (χ4v) is 4.14. The lowest BCUT2D eigenvalue weighted by Gasteiger charge is -2.05. The molecule has 9 heteroatoms. The van der Waals surface area contributed by atoms with Crippen LogP contribution in [0.1, 0.15) is 5.69 Å². The third-order valence-corrected chi connectivity index (χ3v) is 5.39. The van der Waals surface area contributed by atoms with Crippen LogP contribution in [0.5, 0.6) is 0 Å². The Morgan fingerprint density at radius 1 is 1.39 bits per heavy atom. The summed E-state index contributed by atoms with van der Waals surface area (Å²) in [7, 11) is -3.74. The van der Waals surface area contributed by atoms with Crippen molar-refractivity contribution in [2.24, 2.45) is 0 Å². The van der Waals surface area contributed by atoms with E-state index in [2.05, 4.69) is 14.7 Å². The number of anilines is 1. The van der Waals surface area contributed by atoms with Gasteiger partial charge in [-0.1, -0.05) is 34.5 Å². The molecule has 0 saturated carbocycles. The van der Waals surface area contributed by atoms with Crippen LogP contribution in [0.4, 0.5) is 5.82 Å². The molecule has 96 valence electrons. The summed E-state index contributed by atoms with van der Waals surface area (Å²) in [6, 6.07) is 2.96. The van der Waals surface area contributed by atoms with Gasteiger partial charge in [0.25, 0.3) is 10.0 Å². The van der Waals surface area contributed by atoms with E-state index in [4.69, 9.17) is 23.2 Å². The number of aromatic nitrogens is 2. The Bertz CT molecular complexity index is 685. The summed E-state index contributed by atoms with van der Waals surface area (Å²) >= 11 is 12.3. The molecule has 0 aliphatic rings. The van der Waals surface area contributed by atoms with Gasteiger partial charge in [-0.25, -0.2) is 18.4 Å². The summed E-state index contributed by atoms with van der Waals surface area (Å²) in [5.41, 5.74) is 0.347. The smallest absolute Gasteiger partial charge is 0.263 e. The first-order chi connectivity index (χ1) is 8.38. The Morgan fingerprint density at radius 3 is 2.67 bits per heavy atom. The van der Waals surface area contributed by atoms with E-state index in [1.165, 1.54) is 12.3 Å². The lowest BCUT2D eigenvalue weighted by atomic mass is 10.5. The molecule has 0 amide bonds. The van der Waals surface area contributed by atoms with E-state index in [0.717, 1.165) is 11.3 Å². The van der Waals surface area contributed by atoms with Crippen molar-refractivity contribution >= 4 is 50.4 Å². The Hall–Kier alpha value is -0.890. The Kier molecular flexibility index (Phi) is 3.76. The van der Waals surface area contributed by atoms with Crippen LogP contribution >= 0.6 is 34.5 Å². The van der Waals surface area contributed by atoms with E-state index in [-0.39, 0.29) is 14.5 Å². The van der Waals surface area contributed by atoms with E-state index in [1.54, 1.807) is 13.0 Å². The van der Waals surface area contributed by atoms with Crippen LogP contribution in [-0.4, -0.2) is 18.4 Å². The van der Waals surface area contributed by atoms with Crippen molar-refractivity contribution in [2.45, 2.75) is 11.1 Å². The minimum absolute atomic E-state index is 0.0641. The Labute approximate surface area is 118 Å². The van der Waals surface area contributed by atoms with Gasteiger partial charge in [-0.2, -0.15) is 0 Å². The van der Waals surface area contributed by atoms with E-state index < -0.39 is 10.0 Å². The number of sulfonamides is 1. The predicted molar refractivity (Wildman–Crippen MR) is 71.9 cm³/mol. The van der Waals surface area contributed by atoms with Gasteiger partial charge in [-0.3, -0.25) is 4.72 Å². The molecular formula is C9H7Cl2N3O2S2. The molecule has 2 aromatic heterocycles. The zero-order valence-corrected chi connectivity index (χ0v) is 12.2. The zero-order valence-electron chi connectivity index (χ0n) is 9.02. The second-order valence-corrected chi connectivity index (χ2v) is 7.20. The fraction of sp³-hybridized carbons (Fsp3) is 0.111. The van der Waals surface area contributed by atoms with Gasteiger partial charge in [0, 0.05) is 17.3 Å². The lowest BCUT2D eigenvalue weighted by Crippen LogP contribution is -2.13. The van der Waals surface area contributed by atoms with Gasteiger partial charge in [-0.05, 0) is 13.0 Å². The molecule has 0 aliphatic heterocycles. The van der Waals surface area contributed by atoms with Gasteiger partial charge in [0.05, 0.1) is 5.69 Å². The molecule has 0 aliphatic carbocycles. The van der Waals surface area contributed by atoms with Crippen LogP contribution in [0.2, 0.25) is 9.49 Å². The summed E-state index contributed by atoms with van der Waals surface area (Å²) in [5, 5.41) is 0.391. The van der Waals surface area contributed by atoms with Crippen molar-refractivity contribution in [1.82, 2.24) is 9.97 Å². The van der Waals surface area contributed by atoms with Crippen LogP contribution in [0, 0.1) is 6.92 Å². The molecule has 0 spiro atoms. The number of rotatable bonds is 3. The van der Waals surface area contributed by atoms with Gasteiger partial charge in [0.1, 0.15) is 5.82 Å². The highest BCUT2D eigenvalue weighted by Gasteiger charge is 2.22. The Balaban J connectivity index is 2.36. The average molecular weight is 324 g/mol. The van der Waals surface area contributed by atoms with Gasteiger partial charge >= 0.3 is 0 Å². The molecule has 0 aromatic carbocycles. The third-order valence-electron chi connectivity index (χ3n) is 1.93. The number of thiazole rings is 1. The molecule has 0 bridgehead atoms. The molecule has 0 radical (unpaired) electrons. The van der Waals surface area contributed by atoms with Crippen molar-refractivity contribution in [1.29, 1.82) is 0 Å². The highest BCUT2D eigenvalue weighted by atomic mass is 35.5. The standard InChI is InChI=1S/C9H7Cl2N3O2S2/c1-5-8(17-9(11)13-5)18(15,16)14-7-4-6(10)2-3-12-7/h2-4H,1H3,(H,12,14). The van der Waals surface area contributed by atoms with Crippen molar-refractivity contribution in [3.8, 4) is 0 Å². The van der Waals surface area contributed by atoms with Crippen molar-refractivity contribution in [3.05, 3.63) is 33.5 Å². The minimum atomic E-state index is -3.74. The normalized spacial score (nSPS) is 11.5. The summed E-state index contributed by atoms with van der Waals surface area (Å²) in [6.07, 6.45) is 1.41. The van der Waals surface area contributed by atoms with Gasteiger partial charge in [0.15, 0.2) is 8.68 Å². The maximum atomic E-state index is 12.1. The SMILES string of the molecule is Cc1nc(Cl)sc1S(=O)(=O)Nc1cc(Cl)ccn1. The number of hydrogen-bond donors (Lipinski definition) is 1. The van der Waals surface area contributed by atoms with Gasteiger partial charge < -0.3 is 0 Å². The quantitative estimate of drug-likeness (QED) is 0.942. The molecule has 2 rings (SSSR count). The average Bonchev–Trinajstić information content (AvgIpc) is 2.58. The molecule has 0 atom stereocenters. The maximum absolute atomic E-state index is 12.1. The molecule has 18 heavy (non-hydrogen) atoms. The molecule has 0 fully saturated rings. The number of aryl methyl sites for hydroxylation is 1. The van der Waals surface area contributed by atoms with Crippen LogP contribution < -0.4 is 4.72 Å². The molecule has 0 saturated heterocycles. The minimum Gasteiger partial charge on any atom is -0.263 e. The fourth-order valence-electron chi connectivity index (χ4n) is 1.24. The van der Waals surface area contributed by atoms with E-state index in [1.807, 2.05) is 0 Å². The van der Waals surface area contributed by atoms with E-state index >= 15 is 0 Å². The topological polar surface area (TPSA) is 72.0 Å². The second kappa shape index (κ2) is 5.00. The van der Waals surface area contributed by atoms with Crippen LogP contribution in [0.3, 0.4) is 0 Å². The first-order valence-electron chi connectivity index (χ1n) is 4.66. The molecule has 0 unspecified atom stereocenters. The largest absolute Gasteiger partial charge is 0.274 e.